The fourth-order valence-corrected chi connectivity index (χ4v) is 22.7. The Hall–Kier alpha value is -10.3. The van der Waals surface area contributed by atoms with Crippen LogP contribution in [0.3, 0.4) is 0 Å². The fraction of sp³-hybridized carbons (Fsp3) is 0.0588. The number of oxazole rings is 2. The maximum absolute atomic E-state index is 6.03. The van der Waals surface area contributed by atoms with E-state index in [9.17, 15) is 0 Å². The van der Waals surface area contributed by atoms with Crippen molar-refractivity contribution in [3.05, 3.63) is 465 Å². The van der Waals surface area contributed by atoms with E-state index < -0.39 is 38.8 Å². The Morgan fingerprint density at radius 2 is 0.521 bits per heavy atom. The zero-order valence-electron chi connectivity index (χ0n) is 66.0. The van der Waals surface area contributed by atoms with Crippen LogP contribution in [0.25, 0.3) is 33.3 Å². The molecule has 1 aliphatic heterocycles. The van der Waals surface area contributed by atoms with Crippen LogP contribution in [0.4, 0.5) is 0 Å². The standard InChI is InChI=1S/4C18H15P.C12H7ClN2O.C11H15BClNO2.C7H4BrNO.Pd/c4*1-4-10-16(11-5-1)19(17-12-6-2-7-13-17)18-14-8-3-9-15-18;13-12-9(2-1-5-14-12)8-3-4-10-11(6-8)16-7-15-10;1-10(2)11(3,4)16-12(15-10)8-6-5-7-14-9(8)13;8-5-1-2-6-7(3-5)10-4-9-6;/h4*1-15H;1-7H;5-7H,1-4H3;1-4H;. The topological polar surface area (TPSA) is 96.3 Å². The minimum atomic E-state index is -0.446. The van der Waals surface area contributed by atoms with Gasteiger partial charge >= 0.3 is 7.12 Å². The van der Waals surface area contributed by atoms with Crippen LogP contribution in [0, 0.1) is 0 Å². The Morgan fingerprint density at radius 1 is 0.277 bits per heavy atom. The second-order valence-electron chi connectivity index (χ2n) is 27.7. The average Bonchev–Trinajstić information content (AvgIpc) is 1.62. The Morgan fingerprint density at radius 3 is 0.782 bits per heavy atom. The van der Waals surface area contributed by atoms with E-state index in [2.05, 4.69) is 400 Å². The summed E-state index contributed by atoms with van der Waals surface area (Å²) in [6, 6.07) is 148. The second kappa shape index (κ2) is 45.2. The molecule has 0 N–H and O–H groups in total. The molecule has 8 nitrogen and oxygen atoms in total. The van der Waals surface area contributed by atoms with E-state index in [1.807, 2.05) is 88.4 Å². The van der Waals surface area contributed by atoms with Gasteiger partial charge in [-0.1, -0.05) is 415 Å². The molecule has 18 aromatic rings. The van der Waals surface area contributed by atoms with Crippen LogP contribution in [0.15, 0.2) is 463 Å². The van der Waals surface area contributed by atoms with Crippen molar-refractivity contribution in [2.75, 3.05) is 0 Å². The molecule has 1 saturated heterocycles. The van der Waals surface area contributed by atoms with Gasteiger partial charge in [-0.3, -0.25) is 0 Å². The first-order chi connectivity index (χ1) is 57.8. The zero-order chi connectivity index (χ0) is 81.6. The van der Waals surface area contributed by atoms with Crippen LogP contribution >= 0.6 is 70.8 Å². The number of halogens is 3. The van der Waals surface area contributed by atoms with Crippen molar-refractivity contribution in [3.63, 3.8) is 0 Å². The summed E-state index contributed by atoms with van der Waals surface area (Å²) in [6.07, 6.45) is 6.19. The third-order valence-corrected chi connectivity index (χ3v) is 30.0. The van der Waals surface area contributed by atoms with E-state index in [-0.39, 0.29) is 31.6 Å². The van der Waals surface area contributed by atoms with Gasteiger partial charge < -0.3 is 18.1 Å². The predicted octanol–water partition coefficient (Wildman–Crippen LogP) is 21.9. The molecule has 0 radical (unpaired) electrons. The van der Waals surface area contributed by atoms with Gasteiger partial charge in [0.2, 0.25) is 0 Å². The molecule has 1 fully saturated rings. The molecule has 0 saturated carbocycles. The van der Waals surface area contributed by atoms with Crippen LogP contribution in [-0.4, -0.2) is 38.3 Å². The number of aromatic nitrogens is 4. The Bertz CT molecular complexity index is 5110. The molecular formula is C102H86BBrCl2N4O4P4Pd. The van der Waals surface area contributed by atoms with Crippen LogP contribution in [0.1, 0.15) is 27.7 Å². The third kappa shape index (κ3) is 24.7. The Kier molecular flexibility index (Phi) is 33.5. The van der Waals surface area contributed by atoms with Crippen LogP contribution in [0.5, 0.6) is 0 Å². The molecule has 0 unspecified atom stereocenters. The number of fused-ring (bicyclic) bond motifs is 2. The van der Waals surface area contributed by atoms with E-state index in [0.717, 1.165) is 43.3 Å². The molecule has 0 amide bonds. The van der Waals surface area contributed by atoms with Gasteiger partial charge in [0.25, 0.3) is 0 Å². The van der Waals surface area contributed by atoms with Gasteiger partial charge in [-0.05, 0) is 177 Å². The van der Waals surface area contributed by atoms with E-state index in [1.165, 1.54) is 76.4 Å². The molecule has 1 aliphatic rings. The summed E-state index contributed by atoms with van der Waals surface area (Å²) in [5.41, 5.74) is 5.24. The van der Waals surface area contributed by atoms with E-state index in [4.69, 9.17) is 41.3 Å². The Balaban J connectivity index is 0.000000128. The quantitative estimate of drug-likeness (QED) is 0.0604. The molecule has 17 heteroatoms. The fourth-order valence-electron chi connectivity index (χ4n) is 12.7. The van der Waals surface area contributed by atoms with Gasteiger partial charge in [0.15, 0.2) is 24.0 Å². The number of pyridine rings is 2. The van der Waals surface area contributed by atoms with E-state index in [1.54, 1.807) is 12.4 Å². The molecule has 119 heavy (non-hydrogen) atoms. The van der Waals surface area contributed by atoms with Gasteiger partial charge in [0.1, 0.15) is 21.3 Å². The molecule has 0 bridgehead atoms. The number of hydrogen-bond donors (Lipinski definition) is 0. The van der Waals surface area contributed by atoms with Crippen molar-refractivity contribution in [1.82, 2.24) is 19.9 Å². The number of rotatable bonds is 14. The summed E-state index contributed by atoms with van der Waals surface area (Å²) in [7, 11) is -2.22. The summed E-state index contributed by atoms with van der Waals surface area (Å²) in [4.78, 5) is 16.1. The molecule has 592 valence electrons. The van der Waals surface area contributed by atoms with E-state index >= 15 is 0 Å². The van der Waals surface area contributed by atoms with Crippen molar-refractivity contribution in [1.29, 1.82) is 0 Å². The number of hydrogen-bond acceptors (Lipinski definition) is 8. The summed E-state index contributed by atoms with van der Waals surface area (Å²) in [5, 5.41) is 17.7. The summed E-state index contributed by atoms with van der Waals surface area (Å²) < 4.78 is 23.1. The SMILES string of the molecule is Brc1ccc2ncoc2c1.CC1(C)OB(c2cccnc2Cl)OC1(C)C.Clc1ncccc1-c1ccc2ncoc2c1.[Pd].c1ccc(P(c2ccccc2)c2ccccc2)cc1.c1ccc(P(c2ccccc2)c2ccccc2)cc1.c1ccc(P(c2ccccc2)c2ccccc2)cc1.c1ccc(P(c2ccccc2)c2ccccc2)cc1. The number of nitrogens with zero attached hydrogens (tertiary/aromatic N) is 4. The average molecular weight is 1820 g/mol. The van der Waals surface area contributed by atoms with Gasteiger partial charge in [-0.2, -0.15) is 0 Å². The minimum absolute atomic E-state index is 0. The summed E-state index contributed by atoms with van der Waals surface area (Å²) in [6.45, 7) is 8.04. The molecule has 19 rings (SSSR count). The van der Waals surface area contributed by atoms with Crippen LogP contribution < -0.4 is 69.1 Å². The molecule has 0 aliphatic carbocycles. The van der Waals surface area contributed by atoms with Crippen molar-refractivity contribution in [2.24, 2.45) is 0 Å². The molecule has 14 aromatic carbocycles. The third-order valence-electron chi connectivity index (χ3n) is 19.2. The van der Waals surface area contributed by atoms with Crippen molar-refractivity contribution >= 4 is 169 Å². The molecule has 4 aromatic heterocycles. The summed E-state index contributed by atoms with van der Waals surface area (Å²) in [5.74, 6) is 0. The number of benzene rings is 14. The predicted molar refractivity (Wildman–Crippen MR) is 510 cm³/mol. The molecule has 0 atom stereocenters. The minimum Gasteiger partial charge on any atom is -0.443 e. The smallest absolute Gasteiger partial charge is 0.443 e. The molecule has 0 spiro atoms. The molecule has 5 heterocycles. The van der Waals surface area contributed by atoms with Crippen molar-refractivity contribution in [2.45, 2.75) is 38.9 Å². The van der Waals surface area contributed by atoms with Crippen LogP contribution in [0.2, 0.25) is 10.3 Å². The van der Waals surface area contributed by atoms with E-state index in [0.29, 0.717) is 10.3 Å². The first-order valence-corrected chi connectivity index (χ1v) is 45.5. The van der Waals surface area contributed by atoms with Crippen molar-refractivity contribution < 1.29 is 38.6 Å². The first-order valence-electron chi connectivity index (χ1n) is 38.5. The van der Waals surface area contributed by atoms with Gasteiger partial charge in [-0.15, -0.1) is 0 Å². The molecular weight excluding hydrogens is 1740 g/mol. The van der Waals surface area contributed by atoms with Gasteiger partial charge in [0.05, 0.1) is 11.2 Å². The zero-order valence-corrected chi connectivity index (χ0v) is 74.2. The summed E-state index contributed by atoms with van der Waals surface area (Å²) >= 11 is 15.4. The normalized spacial score (nSPS) is 12.1. The second-order valence-corrected chi connectivity index (χ2v) is 38.2. The van der Waals surface area contributed by atoms with Gasteiger partial charge in [0, 0.05) is 48.3 Å². The Labute approximate surface area is 736 Å². The monoisotopic (exact) mass is 1820 g/mol. The van der Waals surface area contributed by atoms with Crippen molar-refractivity contribution in [3.8, 4) is 11.1 Å². The maximum Gasteiger partial charge on any atom is 0.498 e. The largest absolute Gasteiger partial charge is 0.498 e. The van der Waals surface area contributed by atoms with Crippen LogP contribution in [-0.2, 0) is 29.7 Å². The first kappa shape index (κ1) is 88.0. The van der Waals surface area contributed by atoms with Gasteiger partial charge in [-0.25, -0.2) is 19.9 Å². The maximum atomic E-state index is 6.03.